The third-order valence-corrected chi connectivity index (χ3v) is 2.99. The quantitative estimate of drug-likeness (QED) is 0.662. The van der Waals surface area contributed by atoms with Crippen LogP contribution in [0.1, 0.15) is 27.2 Å². The fourth-order valence-corrected chi connectivity index (χ4v) is 1.45. The summed E-state index contributed by atoms with van der Waals surface area (Å²) in [5, 5.41) is 0. The largest absolute Gasteiger partial charge is 0.443 e. The van der Waals surface area contributed by atoms with Gasteiger partial charge >= 0.3 is 6.09 Å². The van der Waals surface area contributed by atoms with Gasteiger partial charge in [0.25, 0.3) is 0 Å². The predicted molar refractivity (Wildman–Crippen MR) is 52.1 cm³/mol. The second-order valence-corrected chi connectivity index (χ2v) is 4.25. The minimum atomic E-state index is -0.238. The summed E-state index contributed by atoms with van der Waals surface area (Å²) in [5.41, 5.74) is -0.127. The number of carbonyl (C=O) groups excluding carboxylic acids is 1. The van der Waals surface area contributed by atoms with Crippen molar-refractivity contribution in [3.8, 4) is 0 Å². The maximum Gasteiger partial charge on any atom is 0.410 e. The lowest BCUT2D eigenvalue weighted by Gasteiger charge is -2.32. The summed E-state index contributed by atoms with van der Waals surface area (Å²) in [5.74, 6) is 0.377. The van der Waals surface area contributed by atoms with E-state index in [9.17, 15) is 4.79 Å². The van der Waals surface area contributed by atoms with Crippen LogP contribution in [-0.4, -0.2) is 35.1 Å². The Kier molecular flexibility index (Phi) is 3.06. The van der Waals surface area contributed by atoms with Crippen LogP contribution in [0.5, 0.6) is 0 Å². The maximum absolute atomic E-state index is 11.4. The molecule has 0 spiro atoms. The molecule has 0 aromatic heterocycles. The van der Waals surface area contributed by atoms with Crippen LogP contribution >= 0.6 is 11.6 Å². The van der Waals surface area contributed by atoms with Gasteiger partial charge in [0, 0.05) is 5.54 Å². The monoisotopic (exact) mass is 205 g/mol. The van der Waals surface area contributed by atoms with E-state index in [1.165, 1.54) is 0 Å². The second-order valence-electron chi connectivity index (χ2n) is 3.94. The minimum Gasteiger partial charge on any atom is -0.443 e. The standard InChI is InChI=1S/C9H16ClNO2/c1-4-9(2,3)11-6-7(5-10)13-8(11)12/h7H,4-6H2,1-3H3. The molecule has 0 saturated carbocycles. The lowest BCUT2D eigenvalue weighted by atomic mass is 10.00. The van der Waals surface area contributed by atoms with Gasteiger partial charge in [0.05, 0.1) is 12.4 Å². The summed E-state index contributed by atoms with van der Waals surface area (Å²) in [6, 6.07) is 0. The number of carbonyl (C=O) groups is 1. The number of hydrogen-bond acceptors (Lipinski definition) is 2. The van der Waals surface area contributed by atoms with E-state index < -0.39 is 0 Å². The van der Waals surface area contributed by atoms with Crippen LogP contribution in [0.4, 0.5) is 4.79 Å². The van der Waals surface area contributed by atoms with Crippen LogP contribution in [0, 0.1) is 0 Å². The Morgan fingerprint density at radius 1 is 1.69 bits per heavy atom. The molecule has 0 N–H and O–H groups in total. The summed E-state index contributed by atoms with van der Waals surface area (Å²) in [4.78, 5) is 13.1. The third-order valence-electron chi connectivity index (χ3n) is 2.64. The molecule has 1 atom stereocenters. The van der Waals surface area contributed by atoms with Crippen molar-refractivity contribution in [1.29, 1.82) is 0 Å². The van der Waals surface area contributed by atoms with Crippen LogP contribution in [0.2, 0.25) is 0 Å². The molecule has 1 aliphatic heterocycles. The minimum absolute atomic E-state index is 0.127. The van der Waals surface area contributed by atoms with Gasteiger partial charge in [-0.1, -0.05) is 6.92 Å². The SMILES string of the molecule is CCC(C)(C)N1CC(CCl)OC1=O. The fourth-order valence-electron chi connectivity index (χ4n) is 1.29. The molecule has 0 radical (unpaired) electrons. The van der Waals surface area contributed by atoms with E-state index in [1.807, 2.05) is 13.8 Å². The van der Waals surface area contributed by atoms with Gasteiger partial charge in [0.1, 0.15) is 6.10 Å². The van der Waals surface area contributed by atoms with Crippen LogP contribution in [0.3, 0.4) is 0 Å². The lowest BCUT2D eigenvalue weighted by molar-refractivity contribution is 0.118. The molecule has 1 unspecified atom stereocenters. The first-order valence-electron chi connectivity index (χ1n) is 4.55. The molecule has 0 aromatic carbocycles. The molecule has 0 bridgehead atoms. The van der Waals surface area contributed by atoms with E-state index in [4.69, 9.17) is 16.3 Å². The molecule has 1 aliphatic rings. The maximum atomic E-state index is 11.4. The number of amides is 1. The van der Waals surface area contributed by atoms with Crippen LogP contribution < -0.4 is 0 Å². The molecule has 0 aliphatic carbocycles. The number of ether oxygens (including phenoxy) is 1. The van der Waals surface area contributed by atoms with Gasteiger partial charge in [-0.05, 0) is 20.3 Å². The van der Waals surface area contributed by atoms with E-state index in [0.29, 0.717) is 12.4 Å². The van der Waals surface area contributed by atoms with Crippen LogP contribution in [0.25, 0.3) is 0 Å². The molecule has 1 fully saturated rings. The van der Waals surface area contributed by atoms with Crippen molar-refractivity contribution >= 4 is 17.7 Å². The number of rotatable bonds is 3. The van der Waals surface area contributed by atoms with Gasteiger partial charge in [0.2, 0.25) is 0 Å². The second kappa shape index (κ2) is 3.74. The van der Waals surface area contributed by atoms with Crippen molar-refractivity contribution in [3.05, 3.63) is 0 Å². The molecule has 1 saturated heterocycles. The van der Waals surface area contributed by atoms with Crippen LogP contribution in [0.15, 0.2) is 0 Å². The highest BCUT2D eigenvalue weighted by atomic mass is 35.5. The summed E-state index contributed by atoms with van der Waals surface area (Å²) in [7, 11) is 0. The number of hydrogen-bond donors (Lipinski definition) is 0. The molecule has 0 aromatic rings. The van der Waals surface area contributed by atoms with Gasteiger partial charge < -0.3 is 4.74 Å². The normalized spacial score (nSPS) is 23.5. The van der Waals surface area contributed by atoms with Crippen molar-refractivity contribution in [2.75, 3.05) is 12.4 Å². The van der Waals surface area contributed by atoms with E-state index in [0.717, 1.165) is 6.42 Å². The van der Waals surface area contributed by atoms with Crippen molar-refractivity contribution in [2.24, 2.45) is 0 Å². The van der Waals surface area contributed by atoms with Gasteiger partial charge in [-0.15, -0.1) is 11.6 Å². The van der Waals surface area contributed by atoms with E-state index in [1.54, 1.807) is 4.90 Å². The first kappa shape index (κ1) is 10.6. The van der Waals surface area contributed by atoms with Gasteiger partial charge in [-0.3, -0.25) is 4.90 Å². The van der Waals surface area contributed by atoms with Crippen molar-refractivity contribution < 1.29 is 9.53 Å². The average molecular weight is 206 g/mol. The van der Waals surface area contributed by atoms with Crippen molar-refractivity contribution in [1.82, 2.24) is 4.90 Å². The van der Waals surface area contributed by atoms with E-state index in [2.05, 4.69) is 6.92 Å². The molecule has 4 heteroatoms. The number of cyclic esters (lactones) is 1. The Hall–Kier alpha value is -0.440. The smallest absolute Gasteiger partial charge is 0.410 e. The molecule has 1 amide bonds. The highest BCUT2D eigenvalue weighted by Gasteiger charge is 2.38. The highest BCUT2D eigenvalue weighted by Crippen LogP contribution is 2.25. The van der Waals surface area contributed by atoms with E-state index >= 15 is 0 Å². The molecule has 76 valence electrons. The van der Waals surface area contributed by atoms with E-state index in [-0.39, 0.29) is 17.7 Å². The number of nitrogens with zero attached hydrogens (tertiary/aromatic N) is 1. The van der Waals surface area contributed by atoms with Crippen LogP contribution in [-0.2, 0) is 4.74 Å². The highest BCUT2D eigenvalue weighted by molar-refractivity contribution is 6.18. The Balaban J connectivity index is 2.67. The molecule has 1 heterocycles. The Labute approximate surface area is 84.0 Å². The summed E-state index contributed by atoms with van der Waals surface area (Å²) < 4.78 is 5.07. The Morgan fingerprint density at radius 3 is 2.69 bits per heavy atom. The number of alkyl halides is 1. The molecule has 13 heavy (non-hydrogen) atoms. The molecule has 1 rings (SSSR count). The Morgan fingerprint density at radius 2 is 2.31 bits per heavy atom. The zero-order valence-electron chi connectivity index (χ0n) is 8.34. The predicted octanol–water partition coefficient (Wildman–Crippen LogP) is 2.23. The lowest BCUT2D eigenvalue weighted by Crippen LogP contribution is -2.44. The van der Waals surface area contributed by atoms with Crippen molar-refractivity contribution in [3.63, 3.8) is 0 Å². The molecular formula is C9H16ClNO2. The summed E-state index contributed by atoms with van der Waals surface area (Å²) in [6.07, 6.45) is 0.536. The molecular weight excluding hydrogens is 190 g/mol. The third kappa shape index (κ3) is 2.08. The molecule has 3 nitrogen and oxygen atoms in total. The fraction of sp³-hybridized carbons (Fsp3) is 0.889. The zero-order chi connectivity index (χ0) is 10.1. The summed E-state index contributed by atoms with van der Waals surface area (Å²) in [6.45, 7) is 6.74. The van der Waals surface area contributed by atoms with Gasteiger partial charge in [-0.2, -0.15) is 0 Å². The summed E-state index contributed by atoms with van der Waals surface area (Å²) >= 11 is 5.63. The van der Waals surface area contributed by atoms with Crippen molar-refractivity contribution in [2.45, 2.75) is 38.8 Å². The number of halogens is 1. The first-order valence-corrected chi connectivity index (χ1v) is 5.09. The zero-order valence-corrected chi connectivity index (χ0v) is 9.10. The first-order chi connectivity index (χ1) is 6.01. The average Bonchev–Trinajstić information content (AvgIpc) is 2.47. The van der Waals surface area contributed by atoms with Gasteiger partial charge in [0.15, 0.2) is 0 Å². The Bertz CT molecular complexity index is 206. The van der Waals surface area contributed by atoms with Gasteiger partial charge in [-0.25, -0.2) is 4.79 Å². The topological polar surface area (TPSA) is 29.5 Å².